The van der Waals surface area contributed by atoms with E-state index in [0.29, 0.717) is 0 Å². The normalized spacial score (nSPS) is 9.00. The predicted octanol–water partition coefficient (Wildman–Crippen LogP) is 3.38. The van der Waals surface area contributed by atoms with Crippen molar-refractivity contribution >= 4 is 17.1 Å². The van der Waals surface area contributed by atoms with Gasteiger partial charge in [0, 0.05) is 17.1 Å². The van der Waals surface area contributed by atoms with Crippen LogP contribution in [0.4, 0.5) is 0 Å². The Kier molecular flexibility index (Phi) is 16.0. The van der Waals surface area contributed by atoms with Crippen LogP contribution in [0.1, 0.15) is 58.8 Å². The Hall–Kier alpha value is 0.519. The van der Waals surface area contributed by atoms with E-state index >= 15 is 0 Å². The van der Waals surface area contributed by atoms with Gasteiger partial charge < -0.3 is 0 Å². The average molecular weight is 207 g/mol. The van der Waals surface area contributed by atoms with Crippen molar-refractivity contribution in [1.29, 1.82) is 0 Å². The standard InChI is InChI=1S/C9H20.Se/c1-3-5-7-9-8-6-4-2;/h3-9H2,1-2H3;. The first kappa shape index (κ1) is 13.1. The second-order valence-electron chi connectivity index (χ2n) is 2.77. The van der Waals surface area contributed by atoms with Gasteiger partial charge in [0.15, 0.2) is 0 Å². The smallest absolute Gasteiger partial charge is 0 e. The first-order valence-corrected chi connectivity index (χ1v) is 4.41. The minimum atomic E-state index is 0. The topological polar surface area (TPSA) is 0 Å². The Balaban J connectivity index is 0. The van der Waals surface area contributed by atoms with Gasteiger partial charge in [-0.05, 0) is 0 Å². The molecule has 62 valence electrons. The monoisotopic (exact) mass is 208 g/mol. The Morgan fingerprint density at radius 3 is 1.20 bits per heavy atom. The fourth-order valence-corrected chi connectivity index (χ4v) is 1.03. The van der Waals surface area contributed by atoms with E-state index in [9.17, 15) is 0 Å². The maximum Gasteiger partial charge on any atom is 0 e. The molecule has 0 aromatic rings. The molecule has 2 radical (unpaired) electrons. The molecule has 0 bridgehead atoms. The van der Waals surface area contributed by atoms with Crippen molar-refractivity contribution in [3.8, 4) is 0 Å². The maximum absolute atomic E-state index is 2.26. The van der Waals surface area contributed by atoms with E-state index in [1.807, 2.05) is 0 Å². The molecule has 0 rings (SSSR count). The van der Waals surface area contributed by atoms with Crippen LogP contribution in [0.25, 0.3) is 0 Å². The van der Waals surface area contributed by atoms with E-state index in [1.54, 1.807) is 0 Å². The molecule has 0 saturated heterocycles. The van der Waals surface area contributed by atoms with Gasteiger partial charge in [0.25, 0.3) is 0 Å². The molecule has 0 nitrogen and oxygen atoms in total. The molecule has 0 unspecified atom stereocenters. The molecule has 0 amide bonds. The summed E-state index contributed by atoms with van der Waals surface area (Å²) in [6.45, 7) is 4.53. The summed E-state index contributed by atoms with van der Waals surface area (Å²) in [4.78, 5) is 0. The van der Waals surface area contributed by atoms with E-state index in [0.717, 1.165) is 0 Å². The van der Waals surface area contributed by atoms with Crippen molar-refractivity contribution in [2.24, 2.45) is 0 Å². The second-order valence-corrected chi connectivity index (χ2v) is 2.77. The summed E-state index contributed by atoms with van der Waals surface area (Å²) in [6.07, 6.45) is 9.97. The molecule has 0 heterocycles. The van der Waals surface area contributed by atoms with Gasteiger partial charge in [0.05, 0.1) is 0 Å². The molecule has 0 aromatic heterocycles. The van der Waals surface area contributed by atoms with Gasteiger partial charge in [-0.3, -0.25) is 0 Å². The molecule has 0 fully saturated rings. The van der Waals surface area contributed by atoms with E-state index in [4.69, 9.17) is 0 Å². The number of unbranched alkanes of at least 4 members (excludes halogenated alkanes) is 6. The van der Waals surface area contributed by atoms with Crippen molar-refractivity contribution in [2.45, 2.75) is 58.8 Å². The molecular weight excluding hydrogens is 187 g/mol. The number of rotatable bonds is 6. The van der Waals surface area contributed by atoms with Gasteiger partial charge in [-0.1, -0.05) is 58.8 Å². The SMILES string of the molecule is CCCCCCCCC.[Se]. The molecule has 0 N–H and O–H groups in total. The first-order chi connectivity index (χ1) is 4.41. The van der Waals surface area contributed by atoms with Gasteiger partial charge in [-0.25, -0.2) is 0 Å². The van der Waals surface area contributed by atoms with Crippen LogP contribution in [-0.2, 0) is 0 Å². The largest absolute Gasteiger partial charge is 0.0654 e. The first-order valence-electron chi connectivity index (χ1n) is 4.41. The van der Waals surface area contributed by atoms with E-state index in [-0.39, 0.29) is 17.1 Å². The Bertz CT molecular complexity index is 38.0. The summed E-state index contributed by atoms with van der Waals surface area (Å²) in [5, 5.41) is 0. The average Bonchev–Trinajstić information content (AvgIpc) is 1.89. The van der Waals surface area contributed by atoms with Crippen LogP contribution < -0.4 is 0 Å². The Morgan fingerprint density at radius 1 is 0.600 bits per heavy atom. The fourth-order valence-electron chi connectivity index (χ4n) is 1.03. The van der Waals surface area contributed by atoms with E-state index in [2.05, 4.69) is 13.8 Å². The van der Waals surface area contributed by atoms with Crippen LogP contribution in [0.5, 0.6) is 0 Å². The molecule has 1 heteroatoms. The molecule has 0 aliphatic heterocycles. The van der Waals surface area contributed by atoms with Crippen LogP contribution in [0.3, 0.4) is 0 Å². The molecule has 0 saturated carbocycles. The minimum absolute atomic E-state index is 0. The van der Waals surface area contributed by atoms with Gasteiger partial charge >= 0.3 is 0 Å². The summed E-state index contributed by atoms with van der Waals surface area (Å²) in [7, 11) is 0. The minimum Gasteiger partial charge on any atom is -0.0654 e. The summed E-state index contributed by atoms with van der Waals surface area (Å²) in [5.74, 6) is 0. The molecule has 0 spiro atoms. The zero-order valence-electron chi connectivity index (χ0n) is 7.36. The van der Waals surface area contributed by atoms with Crippen LogP contribution in [0.2, 0.25) is 0 Å². The molecule has 10 heavy (non-hydrogen) atoms. The summed E-state index contributed by atoms with van der Waals surface area (Å²) in [5.41, 5.74) is 0. The third kappa shape index (κ3) is 11.3. The van der Waals surface area contributed by atoms with Crippen LogP contribution in [-0.4, -0.2) is 17.1 Å². The maximum atomic E-state index is 2.26. The van der Waals surface area contributed by atoms with Crippen molar-refractivity contribution in [3.05, 3.63) is 0 Å². The third-order valence-electron chi connectivity index (χ3n) is 1.71. The second kappa shape index (κ2) is 12.2. The van der Waals surface area contributed by atoms with Gasteiger partial charge in [0.1, 0.15) is 0 Å². The third-order valence-corrected chi connectivity index (χ3v) is 1.71. The summed E-state index contributed by atoms with van der Waals surface area (Å²) < 4.78 is 0. The molecule has 0 aliphatic rings. The fraction of sp³-hybridized carbons (Fsp3) is 1.00. The van der Waals surface area contributed by atoms with E-state index in [1.165, 1.54) is 44.9 Å². The summed E-state index contributed by atoms with van der Waals surface area (Å²) >= 11 is 0. The summed E-state index contributed by atoms with van der Waals surface area (Å²) in [6, 6.07) is 0. The van der Waals surface area contributed by atoms with Gasteiger partial charge in [-0.2, -0.15) is 0 Å². The zero-order valence-corrected chi connectivity index (χ0v) is 9.07. The predicted molar refractivity (Wildman–Crippen MR) is 49.4 cm³/mol. The molecule has 0 atom stereocenters. The molecule has 0 aromatic carbocycles. The number of hydrogen-bond donors (Lipinski definition) is 0. The van der Waals surface area contributed by atoms with Gasteiger partial charge in [0.2, 0.25) is 0 Å². The zero-order chi connectivity index (χ0) is 6.95. The van der Waals surface area contributed by atoms with Crippen molar-refractivity contribution in [3.63, 3.8) is 0 Å². The van der Waals surface area contributed by atoms with E-state index < -0.39 is 0 Å². The molecular formula is C9H20Se. The van der Waals surface area contributed by atoms with Crippen LogP contribution in [0.15, 0.2) is 0 Å². The van der Waals surface area contributed by atoms with Gasteiger partial charge in [-0.15, -0.1) is 0 Å². The quantitative estimate of drug-likeness (QED) is 0.462. The number of hydrogen-bond acceptors (Lipinski definition) is 0. The molecule has 0 aliphatic carbocycles. The van der Waals surface area contributed by atoms with Crippen molar-refractivity contribution in [2.75, 3.05) is 0 Å². The van der Waals surface area contributed by atoms with Crippen LogP contribution in [0, 0.1) is 0 Å². The van der Waals surface area contributed by atoms with Crippen molar-refractivity contribution < 1.29 is 0 Å². The van der Waals surface area contributed by atoms with Crippen molar-refractivity contribution in [1.82, 2.24) is 0 Å². The Labute approximate surface area is 76.3 Å². The van der Waals surface area contributed by atoms with Crippen LogP contribution >= 0.6 is 0 Å². The Morgan fingerprint density at radius 2 is 0.900 bits per heavy atom.